The number of ether oxygens (including phenoxy) is 2. The summed E-state index contributed by atoms with van der Waals surface area (Å²) >= 11 is 2.03. The summed E-state index contributed by atoms with van der Waals surface area (Å²) in [5.74, 6) is 0. The molecule has 1 aromatic heterocycles. The van der Waals surface area contributed by atoms with E-state index in [-0.39, 0.29) is 0 Å². The van der Waals surface area contributed by atoms with E-state index in [1.54, 1.807) is 18.2 Å². The van der Waals surface area contributed by atoms with Gasteiger partial charge in [-0.15, -0.1) is 0 Å². The van der Waals surface area contributed by atoms with Crippen LogP contribution in [-0.4, -0.2) is 18.2 Å². The summed E-state index contributed by atoms with van der Waals surface area (Å²) < 4.78 is 48.2. The van der Waals surface area contributed by atoms with E-state index in [1.807, 2.05) is 22.6 Å². The SMILES string of the molecule is FC(F)(F)c1cccc(Nc2ccc(C3(I)OCCO3)nc2)c1. The van der Waals surface area contributed by atoms with Crippen molar-refractivity contribution in [2.45, 2.75) is 9.97 Å². The van der Waals surface area contributed by atoms with Crippen molar-refractivity contribution in [3.8, 4) is 0 Å². The summed E-state index contributed by atoms with van der Waals surface area (Å²) in [4.78, 5) is 4.26. The summed E-state index contributed by atoms with van der Waals surface area (Å²) in [7, 11) is 0. The fourth-order valence-electron chi connectivity index (χ4n) is 2.12. The van der Waals surface area contributed by atoms with Gasteiger partial charge in [0.2, 0.25) is 0 Å². The van der Waals surface area contributed by atoms with Crippen LogP contribution in [0, 0.1) is 0 Å². The van der Waals surface area contributed by atoms with E-state index in [2.05, 4.69) is 10.3 Å². The van der Waals surface area contributed by atoms with Crippen LogP contribution in [0.25, 0.3) is 0 Å². The van der Waals surface area contributed by atoms with E-state index < -0.39 is 15.5 Å². The standard InChI is InChI=1S/C15H12F3IN2O2/c16-14(17,18)10-2-1-3-11(8-10)21-12-4-5-13(20-9-12)15(19)22-6-7-23-15/h1-5,8-9,21H,6-7H2. The number of rotatable bonds is 3. The number of alkyl halides is 4. The van der Waals surface area contributed by atoms with E-state index in [0.29, 0.717) is 30.3 Å². The number of aromatic nitrogens is 1. The molecule has 8 heteroatoms. The largest absolute Gasteiger partial charge is 0.416 e. The zero-order valence-electron chi connectivity index (χ0n) is 11.7. The third-order valence-electron chi connectivity index (χ3n) is 3.21. The Labute approximate surface area is 144 Å². The highest BCUT2D eigenvalue weighted by atomic mass is 127. The molecular formula is C15H12F3IN2O2. The molecule has 0 unspecified atom stereocenters. The van der Waals surface area contributed by atoms with Crippen molar-refractivity contribution in [1.29, 1.82) is 0 Å². The van der Waals surface area contributed by atoms with Gasteiger partial charge in [-0.05, 0) is 52.9 Å². The van der Waals surface area contributed by atoms with E-state index >= 15 is 0 Å². The van der Waals surface area contributed by atoms with Crippen molar-refractivity contribution in [3.63, 3.8) is 0 Å². The van der Waals surface area contributed by atoms with E-state index in [0.717, 1.165) is 12.1 Å². The van der Waals surface area contributed by atoms with Gasteiger partial charge in [0.25, 0.3) is 3.79 Å². The molecule has 122 valence electrons. The van der Waals surface area contributed by atoms with Crippen LogP contribution in [0.3, 0.4) is 0 Å². The van der Waals surface area contributed by atoms with Crippen molar-refractivity contribution in [2.75, 3.05) is 18.5 Å². The molecule has 1 fully saturated rings. The van der Waals surface area contributed by atoms with Gasteiger partial charge in [-0.3, -0.25) is 4.98 Å². The minimum absolute atomic E-state index is 0.340. The number of nitrogens with one attached hydrogen (secondary N) is 1. The lowest BCUT2D eigenvalue weighted by Crippen LogP contribution is -2.19. The maximum absolute atomic E-state index is 12.7. The molecule has 2 heterocycles. The van der Waals surface area contributed by atoms with Gasteiger partial charge < -0.3 is 14.8 Å². The van der Waals surface area contributed by atoms with Crippen LogP contribution in [0.1, 0.15) is 11.3 Å². The van der Waals surface area contributed by atoms with Crippen molar-refractivity contribution in [2.24, 2.45) is 0 Å². The van der Waals surface area contributed by atoms with Crippen molar-refractivity contribution in [3.05, 3.63) is 53.9 Å². The molecule has 1 N–H and O–H groups in total. The lowest BCUT2D eigenvalue weighted by molar-refractivity contribution is -0.137. The molecule has 0 aliphatic carbocycles. The maximum Gasteiger partial charge on any atom is 0.416 e. The number of benzene rings is 1. The van der Waals surface area contributed by atoms with Gasteiger partial charge in [-0.25, -0.2) is 0 Å². The van der Waals surface area contributed by atoms with E-state index in [9.17, 15) is 13.2 Å². The number of halogens is 4. The summed E-state index contributed by atoms with van der Waals surface area (Å²) in [5, 5.41) is 2.90. The molecule has 1 aliphatic rings. The summed E-state index contributed by atoms with van der Waals surface area (Å²) in [6, 6.07) is 8.43. The van der Waals surface area contributed by atoms with Crippen molar-refractivity contribution in [1.82, 2.24) is 4.98 Å². The minimum atomic E-state index is -4.37. The number of hydrogen-bond acceptors (Lipinski definition) is 4. The fourth-order valence-corrected chi connectivity index (χ4v) is 2.88. The summed E-state index contributed by atoms with van der Waals surface area (Å²) in [6.07, 6.45) is -2.84. The Kier molecular flexibility index (Phi) is 4.47. The number of hydrogen-bond donors (Lipinski definition) is 1. The highest BCUT2D eigenvalue weighted by Crippen LogP contribution is 2.37. The smallest absolute Gasteiger partial charge is 0.354 e. The van der Waals surface area contributed by atoms with Crippen LogP contribution in [-0.2, 0) is 19.4 Å². The van der Waals surface area contributed by atoms with Crippen LogP contribution in [0.4, 0.5) is 24.5 Å². The molecule has 0 radical (unpaired) electrons. The molecule has 0 amide bonds. The first-order valence-corrected chi connectivity index (χ1v) is 7.82. The molecule has 0 spiro atoms. The first-order chi connectivity index (χ1) is 10.9. The lowest BCUT2D eigenvalue weighted by Gasteiger charge is -2.19. The molecular weight excluding hydrogens is 424 g/mol. The maximum atomic E-state index is 12.7. The number of anilines is 2. The van der Waals surface area contributed by atoms with Gasteiger partial charge in [-0.2, -0.15) is 13.2 Å². The van der Waals surface area contributed by atoms with Crippen molar-refractivity contribution >= 4 is 34.0 Å². The average molecular weight is 436 g/mol. The molecule has 1 saturated heterocycles. The van der Waals surface area contributed by atoms with Crippen LogP contribution < -0.4 is 5.32 Å². The van der Waals surface area contributed by atoms with Gasteiger partial charge in [-0.1, -0.05) is 6.07 Å². The Bertz CT molecular complexity index is 686. The van der Waals surface area contributed by atoms with Crippen LogP contribution in [0.5, 0.6) is 0 Å². The first kappa shape index (κ1) is 16.5. The molecule has 1 aromatic carbocycles. The lowest BCUT2D eigenvalue weighted by atomic mass is 10.2. The molecule has 0 bridgehead atoms. The van der Waals surface area contributed by atoms with Gasteiger partial charge in [0, 0.05) is 5.69 Å². The van der Waals surface area contributed by atoms with Gasteiger partial charge in [0.15, 0.2) is 0 Å². The molecule has 3 rings (SSSR count). The van der Waals surface area contributed by atoms with Crippen molar-refractivity contribution < 1.29 is 22.6 Å². The van der Waals surface area contributed by atoms with Gasteiger partial charge >= 0.3 is 6.18 Å². The zero-order chi connectivity index (χ0) is 16.5. The quantitative estimate of drug-likeness (QED) is 0.571. The molecule has 1 aliphatic heterocycles. The Hall–Kier alpha value is -1.39. The van der Waals surface area contributed by atoms with E-state index in [1.165, 1.54) is 12.3 Å². The Morgan fingerprint density at radius 1 is 1.09 bits per heavy atom. The van der Waals surface area contributed by atoms with Gasteiger partial charge in [0.05, 0.1) is 30.7 Å². The predicted molar refractivity (Wildman–Crippen MR) is 86.6 cm³/mol. The third kappa shape index (κ3) is 3.75. The zero-order valence-corrected chi connectivity index (χ0v) is 13.9. The number of pyridine rings is 1. The van der Waals surface area contributed by atoms with Crippen LogP contribution >= 0.6 is 22.6 Å². The predicted octanol–water partition coefficient (Wildman–Crippen LogP) is 4.44. The molecule has 23 heavy (non-hydrogen) atoms. The molecule has 0 atom stereocenters. The Morgan fingerprint density at radius 2 is 1.83 bits per heavy atom. The second-order valence-corrected chi connectivity index (χ2v) is 6.29. The molecule has 4 nitrogen and oxygen atoms in total. The first-order valence-electron chi connectivity index (χ1n) is 6.74. The molecule has 2 aromatic rings. The van der Waals surface area contributed by atoms with Gasteiger partial charge in [0.1, 0.15) is 5.69 Å². The van der Waals surface area contributed by atoms with Crippen LogP contribution in [0.15, 0.2) is 42.6 Å². The summed E-state index contributed by atoms with van der Waals surface area (Å²) in [5.41, 5.74) is 0.814. The second-order valence-electron chi connectivity index (χ2n) is 4.87. The highest BCUT2D eigenvalue weighted by Gasteiger charge is 2.36. The highest BCUT2D eigenvalue weighted by molar-refractivity contribution is 14.1. The van der Waals surface area contributed by atoms with E-state index in [4.69, 9.17) is 9.47 Å². The Balaban J connectivity index is 1.76. The number of nitrogens with zero attached hydrogens (tertiary/aromatic N) is 1. The average Bonchev–Trinajstić information content (AvgIpc) is 2.95. The Morgan fingerprint density at radius 3 is 2.43 bits per heavy atom. The third-order valence-corrected chi connectivity index (χ3v) is 4.38. The topological polar surface area (TPSA) is 43.4 Å². The fraction of sp³-hybridized carbons (Fsp3) is 0.267. The monoisotopic (exact) mass is 436 g/mol. The molecule has 0 saturated carbocycles. The van der Waals surface area contributed by atoms with Crippen LogP contribution in [0.2, 0.25) is 0 Å². The minimum Gasteiger partial charge on any atom is -0.354 e. The second kappa shape index (κ2) is 6.25. The normalized spacial score (nSPS) is 17.2. The summed E-state index contributed by atoms with van der Waals surface area (Å²) in [6.45, 7) is 0.990.